The lowest BCUT2D eigenvalue weighted by molar-refractivity contribution is -0.131. The molecule has 3 rings (SSSR count). The van der Waals surface area contributed by atoms with E-state index in [1.54, 1.807) is 30.3 Å². The molecule has 6 nitrogen and oxygen atoms in total. The van der Waals surface area contributed by atoms with E-state index in [1.807, 2.05) is 18.2 Å². The van der Waals surface area contributed by atoms with Gasteiger partial charge in [-0.1, -0.05) is 12.1 Å². The summed E-state index contributed by atoms with van der Waals surface area (Å²) in [6.07, 6.45) is 2.90. The second kappa shape index (κ2) is 7.41. The van der Waals surface area contributed by atoms with Crippen LogP contribution in [-0.4, -0.2) is 23.1 Å². The van der Waals surface area contributed by atoms with Gasteiger partial charge in [0.2, 0.25) is 0 Å². The van der Waals surface area contributed by atoms with Crippen molar-refractivity contribution in [1.82, 2.24) is 0 Å². The molecule has 1 amide bonds. The van der Waals surface area contributed by atoms with Gasteiger partial charge in [-0.05, 0) is 60.4 Å². The van der Waals surface area contributed by atoms with Crippen molar-refractivity contribution in [3.8, 4) is 5.75 Å². The number of nitrogens with two attached hydrogens (primary N) is 1. The van der Waals surface area contributed by atoms with Crippen molar-refractivity contribution in [2.75, 3.05) is 11.1 Å². The van der Waals surface area contributed by atoms with Crippen LogP contribution in [0, 0.1) is 0 Å². The quantitative estimate of drug-likeness (QED) is 0.446. The van der Waals surface area contributed by atoms with Crippen LogP contribution in [-0.2, 0) is 4.79 Å². The van der Waals surface area contributed by atoms with E-state index in [4.69, 9.17) is 10.5 Å². The van der Waals surface area contributed by atoms with Crippen LogP contribution >= 0.6 is 0 Å². The topological polar surface area (TPSA) is 102 Å². The highest BCUT2D eigenvalue weighted by atomic mass is 16.5. The number of benzene rings is 2. The molecule has 0 radical (unpaired) electrons. The van der Waals surface area contributed by atoms with Crippen LogP contribution in [0.2, 0.25) is 0 Å². The standard InChI is InChI=1S/C20H20N2O4/c1-12(23)26-17-7-3-13(4-8-17)20(25)22-19-11-15(5-9-18(19)21)14-2-6-16(24)10-14/h3-5,7-11,16,24H,2,6,21H2,1H3,(H,22,25). The maximum absolute atomic E-state index is 12.5. The van der Waals surface area contributed by atoms with Gasteiger partial charge in [-0.2, -0.15) is 0 Å². The summed E-state index contributed by atoms with van der Waals surface area (Å²) in [5.41, 5.74) is 9.33. The zero-order valence-corrected chi connectivity index (χ0v) is 14.4. The van der Waals surface area contributed by atoms with Crippen molar-refractivity contribution in [2.45, 2.75) is 25.9 Å². The summed E-state index contributed by atoms with van der Waals surface area (Å²) in [6.45, 7) is 1.31. The molecule has 2 aromatic rings. The predicted molar refractivity (Wildman–Crippen MR) is 99.8 cm³/mol. The van der Waals surface area contributed by atoms with Gasteiger partial charge in [0.05, 0.1) is 17.5 Å². The number of nitrogens with one attached hydrogen (secondary N) is 1. The number of ether oxygens (including phenoxy) is 1. The summed E-state index contributed by atoms with van der Waals surface area (Å²) >= 11 is 0. The van der Waals surface area contributed by atoms with Gasteiger partial charge < -0.3 is 20.9 Å². The maximum Gasteiger partial charge on any atom is 0.308 e. The predicted octanol–water partition coefficient (Wildman–Crippen LogP) is 2.98. The van der Waals surface area contributed by atoms with Crippen molar-refractivity contribution >= 4 is 28.8 Å². The third-order valence-corrected chi connectivity index (χ3v) is 4.15. The number of allylic oxidation sites excluding steroid dienone is 1. The molecule has 1 atom stereocenters. The number of carbonyl (C=O) groups excluding carboxylic acids is 2. The van der Waals surface area contributed by atoms with Crippen LogP contribution in [0.3, 0.4) is 0 Å². The Hall–Kier alpha value is -3.12. The fourth-order valence-corrected chi connectivity index (χ4v) is 2.84. The number of amides is 1. The lowest BCUT2D eigenvalue weighted by Crippen LogP contribution is -2.13. The minimum atomic E-state index is -0.420. The number of nitrogen functional groups attached to an aromatic ring is 1. The van der Waals surface area contributed by atoms with Gasteiger partial charge in [0.1, 0.15) is 5.75 Å². The highest BCUT2D eigenvalue weighted by Gasteiger charge is 2.16. The van der Waals surface area contributed by atoms with Crippen molar-refractivity contribution in [1.29, 1.82) is 0 Å². The molecule has 6 heteroatoms. The number of anilines is 2. The van der Waals surface area contributed by atoms with E-state index >= 15 is 0 Å². The second-order valence-corrected chi connectivity index (χ2v) is 6.17. The van der Waals surface area contributed by atoms with Gasteiger partial charge in [0, 0.05) is 12.5 Å². The van der Waals surface area contributed by atoms with Crippen LogP contribution in [0.4, 0.5) is 11.4 Å². The van der Waals surface area contributed by atoms with Gasteiger partial charge in [-0.25, -0.2) is 0 Å². The Balaban J connectivity index is 1.76. The van der Waals surface area contributed by atoms with E-state index in [1.165, 1.54) is 6.92 Å². The Labute approximate surface area is 151 Å². The Morgan fingerprint density at radius 2 is 1.92 bits per heavy atom. The van der Waals surface area contributed by atoms with E-state index in [0.717, 1.165) is 17.6 Å². The lowest BCUT2D eigenvalue weighted by atomic mass is 10.0. The normalized spacial score (nSPS) is 16.1. The van der Waals surface area contributed by atoms with Crippen molar-refractivity contribution in [2.24, 2.45) is 0 Å². The third kappa shape index (κ3) is 4.10. The molecule has 1 aliphatic carbocycles. The minimum Gasteiger partial charge on any atom is -0.427 e. The van der Waals surface area contributed by atoms with E-state index in [-0.39, 0.29) is 5.91 Å². The van der Waals surface area contributed by atoms with E-state index in [2.05, 4.69) is 5.32 Å². The summed E-state index contributed by atoms with van der Waals surface area (Å²) in [5, 5.41) is 12.5. The highest BCUT2D eigenvalue weighted by molar-refractivity contribution is 6.06. The maximum atomic E-state index is 12.5. The minimum absolute atomic E-state index is 0.316. The largest absolute Gasteiger partial charge is 0.427 e. The first kappa shape index (κ1) is 17.7. The number of carbonyl (C=O) groups is 2. The first-order valence-corrected chi connectivity index (χ1v) is 8.31. The smallest absolute Gasteiger partial charge is 0.308 e. The fourth-order valence-electron chi connectivity index (χ4n) is 2.84. The summed E-state index contributed by atoms with van der Waals surface area (Å²) in [6, 6.07) is 11.7. The summed E-state index contributed by atoms with van der Waals surface area (Å²) in [4.78, 5) is 23.4. The first-order chi connectivity index (χ1) is 12.4. The number of hydrogen-bond donors (Lipinski definition) is 3. The molecule has 0 spiro atoms. The molecule has 0 aliphatic heterocycles. The second-order valence-electron chi connectivity index (χ2n) is 6.17. The zero-order valence-electron chi connectivity index (χ0n) is 14.4. The average Bonchev–Trinajstić information content (AvgIpc) is 3.03. The SMILES string of the molecule is CC(=O)Oc1ccc(C(=O)Nc2cc(C3=CC(O)CC3)ccc2N)cc1. The summed E-state index contributed by atoms with van der Waals surface area (Å²) in [7, 11) is 0. The molecule has 134 valence electrons. The van der Waals surface area contributed by atoms with Crippen LogP contribution in [0.5, 0.6) is 5.75 Å². The molecule has 0 fully saturated rings. The van der Waals surface area contributed by atoms with Crippen molar-refractivity contribution in [3.63, 3.8) is 0 Å². The van der Waals surface area contributed by atoms with E-state index < -0.39 is 12.1 Å². The monoisotopic (exact) mass is 352 g/mol. The zero-order chi connectivity index (χ0) is 18.7. The summed E-state index contributed by atoms with van der Waals surface area (Å²) in [5.74, 6) is -0.357. The number of aliphatic hydroxyl groups is 1. The molecule has 0 aromatic heterocycles. The number of hydrogen-bond acceptors (Lipinski definition) is 5. The molecule has 0 bridgehead atoms. The van der Waals surface area contributed by atoms with Crippen LogP contribution in [0.1, 0.15) is 35.7 Å². The molecular weight excluding hydrogens is 332 g/mol. The molecule has 1 aliphatic rings. The van der Waals surface area contributed by atoms with E-state index in [0.29, 0.717) is 29.1 Å². The molecular formula is C20H20N2O4. The first-order valence-electron chi connectivity index (χ1n) is 8.31. The van der Waals surface area contributed by atoms with Gasteiger partial charge in [0.25, 0.3) is 5.91 Å². The molecule has 2 aromatic carbocycles. The fraction of sp³-hybridized carbons (Fsp3) is 0.200. The molecule has 4 N–H and O–H groups in total. The van der Waals surface area contributed by atoms with Crippen molar-refractivity contribution < 1.29 is 19.4 Å². The molecule has 0 heterocycles. The Kier molecular flexibility index (Phi) is 5.04. The highest BCUT2D eigenvalue weighted by Crippen LogP contribution is 2.31. The Bertz CT molecular complexity index is 872. The third-order valence-electron chi connectivity index (χ3n) is 4.15. The van der Waals surface area contributed by atoms with Crippen LogP contribution in [0.25, 0.3) is 5.57 Å². The Morgan fingerprint density at radius 3 is 2.54 bits per heavy atom. The van der Waals surface area contributed by atoms with Gasteiger partial charge in [-0.3, -0.25) is 9.59 Å². The molecule has 0 saturated carbocycles. The molecule has 26 heavy (non-hydrogen) atoms. The average molecular weight is 352 g/mol. The van der Waals surface area contributed by atoms with Gasteiger partial charge in [-0.15, -0.1) is 0 Å². The number of aliphatic hydroxyl groups excluding tert-OH is 1. The van der Waals surface area contributed by atoms with Crippen molar-refractivity contribution in [3.05, 3.63) is 59.7 Å². The van der Waals surface area contributed by atoms with Crippen LogP contribution < -0.4 is 15.8 Å². The molecule has 1 unspecified atom stereocenters. The lowest BCUT2D eigenvalue weighted by Gasteiger charge is -2.11. The summed E-state index contributed by atoms with van der Waals surface area (Å²) < 4.78 is 4.95. The van der Waals surface area contributed by atoms with Crippen LogP contribution in [0.15, 0.2) is 48.5 Å². The van der Waals surface area contributed by atoms with Gasteiger partial charge >= 0.3 is 5.97 Å². The Morgan fingerprint density at radius 1 is 1.19 bits per heavy atom. The molecule has 0 saturated heterocycles. The number of esters is 1. The van der Waals surface area contributed by atoms with Gasteiger partial charge in [0.15, 0.2) is 0 Å². The van der Waals surface area contributed by atoms with E-state index in [9.17, 15) is 14.7 Å². The number of rotatable bonds is 4.